The molecule has 23 heavy (non-hydrogen) atoms. The molecule has 1 aromatic rings. The van der Waals surface area contributed by atoms with Crippen molar-refractivity contribution in [2.24, 2.45) is 0 Å². The van der Waals surface area contributed by atoms with Crippen molar-refractivity contribution < 1.29 is 18.8 Å². The second-order valence-corrected chi connectivity index (χ2v) is 5.34. The number of hydrogen-bond acceptors (Lipinski definition) is 5. The number of halogens is 2. The van der Waals surface area contributed by atoms with Gasteiger partial charge in [-0.2, -0.15) is 0 Å². The van der Waals surface area contributed by atoms with E-state index in [0.29, 0.717) is 6.61 Å². The summed E-state index contributed by atoms with van der Waals surface area (Å²) >= 11 is 0. The number of amides is 1. The first-order valence-corrected chi connectivity index (χ1v) is 6.93. The van der Waals surface area contributed by atoms with Crippen LogP contribution in [0.3, 0.4) is 0 Å². The molecule has 128 valence electrons. The number of hydrogen-bond donors (Lipinski definition) is 2. The maximum atomic E-state index is 13.1. The molecule has 1 aromatic carbocycles. The zero-order valence-electron chi connectivity index (χ0n) is 12.6. The highest BCUT2D eigenvalue weighted by atomic mass is 35.5. The molecular formula is C14H19ClFN3O4. The summed E-state index contributed by atoms with van der Waals surface area (Å²) in [4.78, 5) is 22.3. The minimum absolute atomic E-state index is 0. The van der Waals surface area contributed by atoms with Gasteiger partial charge < -0.3 is 15.4 Å². The van der Waals surface area contributed by atoms with Crippen LogP contribution in [-0.4, -0.2) is 43.2 Å². The average molecular weight is 348 g/mol. The molecule has 0 saturated carbocycles. The molecule has 0 radical (unpaired) electrons. The number of carbonyl (C=O) groups is 1. The van der Waals surface area contributed by atoms with Crippen LogP contribution in [0.25, 0.3) is 0 Å². The lowest BCUT2D eigenvalue weighted by atomic mass is 9.98. The predicted molar refractivity (Wildman–Crippen MR) is 84.5 cm³/mol. The molecule has 1 saturated heterocycles. The highest BCUT2D eigenvalue weighted by molar-refractivity contribution is 5.98. The lowest BCUT2D eigenvalue weighted by molar-refractivity contribution is -0.385. The highest BCUT2D eigenvalue weighted by Crippen LogP contribution is 2.21. The summed E-state index contributed by atoms with van der Waals surface area (Å²) in [5, 5.41) is 16.9. The van der Waals surface area contributed by atoms with Crippen LogP contribution in [0.4, 0.5) is 10.1 Å². The largest absolute Gasteiger partial charge is 0.383 e. The van der Waals surface area contributed by atoms with Gasteiger partial charge in [0.05, 0.1) is 23.1 Å². The molecule has 2 rings (SSSR count). The van der Waals surface area contributed by atoms with Crippen LogP contribution in [0, 0.1) is 15.9 Å². The SMILES string of the molecule is COCC1(CNC(=O)c2ccc(F)cc2[N+](=O)[O-])CCCN1.Cl. The zero-order chi connectivity index (χ0) is 16.2. The predicted octanol–water partition coefficient (Wildman–Crippen LogP) is 1.65. The number of benzene rings is 1. The van der Waals surface area contributed by atoms with Crippen LogP contribution in [0.15, 0.2) is 18.2 Å². The summed E-state index contributed by atoms with van der Waals surface area (Å²) in [6, 6.07) is 2.89. The summed E-state index contributed by atoms with van der Waals surface area (Å²) in [7, 11) is 1.58. The van der Waals surface area contributed by atoms with Gasteiger partial charge in [-0.3, -0.25) is 14.9 Å². The Kier molecular flexibility index (Phi) is 6.86. The molecular weight excluding hydrogens is 329 g/mol. The average Bonchev–Trinajstić information content (AvgIpc) is 2.94. The van der Waals surface area contributed by atoms with Gasteiger partial charge in [-0.25, -0.2) is 4.39 Å². The first-order chi connectivity index (χ1) is 10.5. The van der Waals surface area contributed by atoms with E-state index in [1.165, 1.54) is 0 Å². The Morgan fingerprint density at radius 1 is 1.57 bits per heavy atom. The maximum Gasteiger partial charge on any atom is 0.285 e. The second-order valence-electron chi connectivity index (χ2n) is 5.34. The molecule has 1 aliphatic heterocycles. The Morgan fingerprint density at radius 3 is 2.87 bits per heavy atom. The van der Waals surface area contributed by atoms with E-state index < -0.39 is 22.3 Å². The Bertz CT molecular complexity index is 579. The topological polar surface area (TPSA) is 93.5 Å². The maximum absolute atomic E-state index is 13.1. The lowest BCUT2D eigenvalue weighted by Crippen LogP contribution is -2.53. The van der Waals surface area contributed by atoms with E-state index in [1.54, 1.807) is 7.11 Å². The monoisotopic (exact) mass is 347 g/mol. The third-order valence-electron chi connectivity index (χ3n) is 3.74. The fourth-order valence-corrected chi connectivity index (χ4v) is 2.66. The summed E-state index contributed by atoms with van der Waals surface area (Å²) < 4.78 is 18.3. The number of nitrogens with zero attached hydrogens (tertiary/aromatic N) is 1. The van der Waals surface area contributed by atoms with Crippen molar-refractivity contribution in [3.05, 3.63) is 39.7 Å². The van der Waals surface area contributed by atoms with Crippen molar-refractivity contribution in [1.82, 2.24) is 10.6 Å². The normalized spacial score (nSPS) is 19.9. The fraction of sp³-hybridized carbons (Fsp3) is 0.500. The molecule has 9 heteroatoms. The Labute approximate surface area is 139 Å². The van der Waals surface area contributed by atoms with Gasteiger partial charge in [0.15, 0.2) is 0 Å². The van der Waals surface area contributed by atoms with Crippen LogP contribution >= 0.6 is 12.4 Å². The number of ether oxygens (including phenoxy) is 1. The molecule has 1 amide bonds. The number of nitro groups is 1. The van der Waals surface area contributed by atoms with E-state index in [-0.39, 0.29) is 30.1 Å². The third-order valence-corrected chi connectivity index (χ3v) is 3.74. The standard InChI is InChI=1S/C14H18FN3O4.ClH/c1-22-9-14(5-2-6-17-14)8-16-13(19)11-4-3-10(15)7-12(11)18(20)21;/h3-4,7,17H,2,5-6,8-9H2,1H3,(H,16,19);1H. The minimum atomic E-state index is -0.767. The van der Waals surface area contributed by atoms with Gasteiger partial charge in [0.1, 0.15) is 11.4 Å². The van der Waals surface area contributed by atoms with Gasteiger partial charge >= 0.3 is 0 Å². The van der Waals surface area contributed by atoms with Gasteiger partial charge in [0, 0.05) is 13.7 Å². The Balaban J connectivity index is 0.00000264. The smallest absolute Gasteiger partial charge is 0.285 e. The molecule has 2 N–H and O–H groups in total. The number of nitro benzene ring substituents is 1. The van der Waals surface area contributed by atoms with Gasteiger partial charge in [-0.05, 0) is 31.5 Å². The van der Waals surface area contributed by atoms with E-state index in [9.17, 15) is 19.3 Å². The van der Waals surface area contributed by atoms with Crippen LogP contribution in [0.2, 0.25) is 0 Å². The van der Waals surface area contributed by atoms with Crippen molar-refractivity contribution >= 4 is 24.0 Å². The van der Waals surface area contributed by atoms with E-state index in [1.807, 2.05) is 0 Å². The number of rotatable bonds is 6. The second kappa shape index (κ2) is 8.19. The fourth-order valence-electron chi connectivity index (χ4n) is 2.66. The lowest BCUT2D eigenvalue weighted by Gasteiger charge is -2.28. The zero-order valence-corrected chi connectivity index (χ0v) is 13.5. The number of carbonyl (C=O) groups excluding carboxylic acids is 1. The van der Waals surface area contributed by atoms with Crippen LogP contribution in [0.1, 0.15) is 23.2 Å². The summed E-state index contributed by atoms with van der Waals surface area (Å²) in [5.41, 5.74) is -1.06. The Hall–Kier alpha value is -1.77. The van der Waals surface area contributed by atoms with Gasteiger partial charge in [-0.1, -0.05) is 0 Å². The number of methoxy groups -OCH3 is 1. The molecule has 0 aliphatic carbocycles. The van der Waals surface area contributed by atoms with Crippen molar-refractivity contribution in [3.63, 3.8) is 0 Å². The molecule has 1 heterocycles. The van der Waals surface area contributed by atoms with Crippen LogP contribution < -0.4 is 10.6 Å². The van der Waals surface area contributed by atoms with Crippen molar-refractivity contribution in [2.75, 3.05) is 26.8 Å². The molecule has 1 unspecified atom stereocenters. The van der Waals surface area contributed by atoms with Gasteiger partial charge in [0.25, 0.3) is 11.6 Å². The van der Waals surface area contributed by atoms with E-state index in [4.69, 9.17) is 4.74 Å². The highest BCUT2D eigenvalue weighted by Gasteiger charge is 2.34. The minimum Gasteiger partial charge on any atom is -0.383 e. The summed E-state index contributed by atoms with van der Waals surface area (Å²) in [6.45, 7) is 1.54. The third kappa shape index (κ3) is 4.60. The molecule has 1 aliphatic rings. The van der Waals surface area contributed by atoms with E-state index in [0.717, 1.165) is 37.6 Å². The first-order valence-electron chi connectivity index (χ1n) is 6.93. The van der Waals surface area contributed by atoms with Gasteiger partial charge in [-0.15, -0.1) is 12.4 Å². The molecule has 1 fully saturated rings. The summed E-state index contributed by atoms with van der Waals surface area (Å²) in [5.74, 6) is -1.35. The van der Waals surface area contributed by atoms with Gasteiger partial charge in [0.2, 0.25) is 0 Å². The molecule has 1 atom stereocenters. The molecule has 0 aromatic heterocycles. The van der Waals surface area contributed by atoms with E-state index >= 15 is 0 Å². The van der Waals surface area contributed by atoms with Crippen LogP contribution in [0.5, 0.6) is 0 Å². The van der Waals surface area contributed by atoms with Crippen molar-refractivity contribution in [3.8, 4) is 0 Å². The van der Waals surface area contributed by atoms with Crippen molar-refractivity contribution in [2.45, 2.75) is 18.4 Å². The molecule has 0 bridgehead atoms. The quantitative estimate of drug-likeness (QED) is 0.603. The number of nitrogens with one attached hydrogen (secondary N) is 2. The molecule has 0 spiro atoms. The van der Waals surface area contributed by atoms with E-state index in [2.05, 4.69) is 10.6 Å². The van der Waals surface area contributed by atoms with Crippen molar-refractivity contribution in [1.29, 1.82) is 0 Å². The molecule has 7 nitrogen and oxygen atoms in total. The summed E-state index contributed by atoms with van der Waals surface area (Å²) in [6.07, 6.45) is 1.81. The van der Waals surface area contributed by atoms with Crippen LogP contribution in [-0.2, 0) is 4.74 Å². The first kappa shape index (κ1) is 19.3. The Morgan fingerprint density at radius 2 is 2.30 bits per heavy atom.